The molecule has 0 atom stereocenters. The number of aromatic hydroxyl groups is 1. The Morgan fingerprint density at radius 1 is 0.733 bits per heavy atom. The highest BCUT2D eigenvalue weighted by Gasteiger charge is 1.86. The fourth-order valence-corrected chi connectivity index (χ4v) is 0.948. The second kappa shape index (κ2) is 7.63. The highest BCUT2D eigenvalue weighted by Crippen LogP contribution is 2.12. The van der Waals surface area contributed by atoms with E-state index in [4.69, 9.17) is 5.11 Å². The van der Waals surface area contributed by atoms with Gasteiger partial charge < -0.3 is 5.11 Å². The van der Waals surface area contributed by atoms with Crippen molar-refractivity contribution in [3.05, 3.63) is 66.2 Å². The van der Waals surface area contributed by atoms with E-state index in [9.17, 15) is 0 Å². The third kappa shape index (κ3) is 5.53. The van der Waals surface area contributed by atoms with Crippen molar-refractivity contribution in [2.75, 3.05) is 0 Å². The zero-order valence-electron chi connectivity index (χ0n) is 8.22. The van der Waals surface area contributed by atoms with Crippen molar-refractivity contribution < 1.29 is 5.11 Å². The average molecular weight is 202 g/mol. The van der Waals surface area contributed by atoms with E-state index >= 15 is 0 Å². The number of phenols is 1. The van der Waals surface area contributed by atoms with Crippen LogP contribution in [0.2, 0.25) is 0 Å². The van der Waals surface area contributed by atoms with Gasteiger partial charge >= 0.3 is 0 Å². The zero-order valence-corrected chi connectivity index (χ0v) is 8.22. The molecule has 1 N–H and O–H groups in total. The first-order chi connectivity index (χ1) is 6.80. The molecule has 0 aliphatic heterocycles. The summed E-state index contributed by atoms with van der Waals surface area (Å²) in [6.45, 7) is 1.87. The van der Waals surface area contributed by atoms with Crippen molar-refractivity contribution in [1.29, 1.82) is 0 Å². The Hall–Kier alpha value is -1.76. The molecule has 15 heavy (non-hydrogen) atoms. The van der Waals surface area contributed by atoms with Crippen LogP contribution in [0.1, 0.15) is 13.0 Å². The van der Waals surface area contributed by atoms with E-state index in [1.54, 1.807) is 6.07 Å². The van der Waals surface area contributed by atoms with Gasteiger partial charge in [-0.2, -0.15) is 0 Å². The fraction of sp³-hybridized carbons (Fsp3) is 0.143. The van der Waals surface area contributed by atoms with Gasteiger partial charge in [0, 0.05) is 0 Å². The molecule has 1 heteroatoms. The van der Waals surface area contributed by atoms with E-state index in [1.165, 1.54) is 0 Å². The molecule has 0 aliphatic carbocycles. The standard InChI is InChI=1S/C7H8O.C6H6.CH4/c1-6-4-2-3-5-7(6)8;1-2-4-6-5-3-1;/h2-5,8H,1H3;1-6H;1H4. The Bertz CT molecular complexity index is 307. The second-order valence-electron chi connectivity index (χ2n) is 2.94. The minimum Gasteiger partial charge on any atom is -0.508 e. The van der Waals surface area contributed by atoms with E-state index < -0.39 is 0 Å². The van der Waals surface area contributed by atoms with E-state index in [2.05, 4.69) is 0 Å². The van der Waals surface area contributed by atoms with Crippen LogP contribution in [0.3, 0.4) is 0 Å². The minimum absolute atomic E-state index is 0. The lowest BCUT2D eigenvalue weighted by atomic mass is 10.2. The maximum atomic E-state index is 8.92. The van der Waals surface area contributed by atoms with Crippen LogP contribution in [-0.4, -0.2) is 5.11 Å². The summed E-state index contributed by atoms with van der Waals surface area (Å²) >= 11 is 0. The van der Waals surface area contributed by atoms with E-state index in [1.807, 2.05) is 61.5 Å². The molecule has 0 aliphatic rings. The lowest BCUT2D eigenvalue weighted by Crippen LogP contribution is -1.68. The smallest absolute Gasteiger partial charge is 0.118 e. The van der Waals surface area contributed by atoms with Gasteiger partial charge in [-0.25, -0.2) is 0 Å². The predicted molar refractivity (Wildman–Crippen MR) is 66.0 cm³/mol. The summed E-state index contributed by atoms with van der Waals surface area (Å²) in [5.74, 6) is 0.368. The van der Waals surface area contributed by atoms with Gasteiger partial charge in [-0.05, 0) is 18.6 Å². The summed E-state index contributed by atoms with van der Waals surface area (Å²) in [6, 6.07) is 19.3. The lowest BCUT2D eigenvalue weighted by Gasteiger charge is -1.92. The number of rotatable bonds is 0. The topological polar surface area (TPSA) is 20.2 Å². The number of phenolic OH excluding ortho intramolecular Hbond substituents is 1. The van der Waals surface area contributed by atoms with E-state index in [0.29, 0.717) is 5.75 Å². The van der Waals surface area contributed by atoms with Crippen LogP contribution in [0.5, 0.6) is 5.75 Å². The monoisotopic (exact) mass is 202 g/mol. The summed E-state index contributed by atoms with van der Waals surface area (Å²) in [6.07, 6.45) is 0. The molecule has 0 unspecified atom stereocenters. The third-order valence-electron chi connectivity index (χ3n) is 1.78. The third-order valence-corrected chi connectivity index (χ3v) is 1.78. The summed E-state index contributed by atoms with van der Waals surface area (Å²) in [5.41, 5.74) is 0.924. The molecule has 2 aromatic carbocycles. The Morgan fingerprint density at radius 2 is 1.13 bits per heavy atom. The molecule has 0 aromatic heterocycles. The van der Waals surface area contributed by atoms with Crippen LogP contribution in [-0.2, 0) is 0 Å². The zero-order chi connectivity index (χ0) is 10.2. The highest BCUT2D eigenvalue weighted by atomic mass is 16.3. The molecule has 0 spiro atoms. The number of aryl methyl sites for hydroxylation is 1. The van der Waals surface area contributed by atoms with Crippen LogP contribution >= 0.6 is 0 Å². The molecule has 80 valence electrons. The van der Waals surface area contributed by atoms with Gasteiger partial charge in [0.25, 0.3) is 0 Å². The first-order valence-electron chi connectivity index (χ1n) is 4.55. The first kappa shape index (κ1) is 13.2. The Kier molecular flexibility index (Phi) is 6.73. The average Bonchev–Trinajstić information content (AvgIpc) is 2.26. The molecule has 0 amide bonds. The molecule has 0 heterocycles. The van der Waals surface area contributed by atoms with Gasteiger partial charge in [-0.1, -0.05) is 62.0 Å². The van der Waals surface area contributed by atoms with Gasteiger partial charge in [-0.15, -0.1) is 0 Å². The highest BCUT2D eigenvalue weighted by molar-refractivity contribution is 5.29. The van der Waals surface area contributed by atoms with Crippen LogP contribution in [0.15, 0.2) is 60.7 Å². The normalized spacial score (nSPS) is 8.07. The van der Waals surface area contributed by atoms with Crippen molar-refractivity contribution >= 4 is 0 Å². The molecular formula is C14H18O. The van der Waals surface area contributed by atoms with Crippen LogP contribution in [0, 0.1) is 6.92 Å². The summed E-state index contributed by atoms with van der Waals surface area (Å²) in [7, 11) is 0. The van der Waals surface area contributed by atoms with Crippen LogP contribution < -0.4 is 0 Å². The Balaban J connectivity index is 0.000000253. The molecule has 0 saturated carbocycles. The van der Waals surface area contributed by atoms with Gasteiger partial charge in [0.2, 0.25) is 0 Å². The summed E-state index contributed by atoms with van der Waals surface area (Å²) in [5, 5.41) is 8.92. The van der Waals surface area contributed by atoms with Crippen molar-refractivity contribution in [1.82, 2.24) is 0 Å². The van der Waals surface area contributed by atoms with Gasteiger partial charge in [0.05, 0.1) is 0 Å². The molecule has 1 nitrogen and oxygen atoms in total. The summed E-state index contributed by atoms with van der Waals surface area (Å²) in [4.78, 5) is 0. The molecule has 0 bridgehead atoms. The number of para-hydroxylation sites is 1. The minimum atomic E-state index is 0. The van der Waals surface area contributed by atoms with Crippen LogP contribution in [0.25, 0.3) is 0 Å². The Morgan fingerprint density at radius 3 is 1.40 bits per heavy atom. The van der Waals surface area contributed by atoms with Gasteiger partial charge in [0.1, 0.15) is 5.75 Å². The van der Waals surface area contributed by atoms with Crippen molar-refractivity contribution in [3.8, 4) is 5.75 Å². The lowest BCUT2D eigenvalue weighted by molar-refractivity contribution is 0.471. The number of hydrogen-bond donors (Lipinski definition) is 1. The molecule has 2 aromatic rings. The maximum absolute atomic E-state index is 8.92. The Labute approximate surface area is 92.0 Å². The molecule has 0 radical (unpaired) electrons. The maximum Gasteiger partial charge on any atom is 0.118 e. The van der Waals surface area contributed by atoms with Crippen molar-refractivity contribution in [3.63, 3.8) is 0 Å². The second-order valence-corrected chi connectivity index (χ2v) is 2.94. The largest absolute Gasteiger partial charge is 0.508 e. The molecule has 0 fully saturated rings. The van der Waals surface area contributed by atoms with Gasteiger partial charge in [-0.3, -0.25) is 0 Å². The summed E-state index contributed by atoms with van der Waals surface area (Å²) < 4.78 is 0. The van der Waals surface area contributed by atoms with Crippen LogP contribution in [0.4, 0.5) is 0 Å². The number of hydrogen-bond acceptors (Lipinski definition) is 1. The molecule has 2 rings (SSSR count). The first-order valence-corrected chi connectivity index (χ1v) is 4.55. The molecule has 0 saturated heterocycles. The van der Waals surface area contributed by atoms with Crippen molar-refractivity contribution in [2.45, 2.75) is 14.4 Å². The fourth-order valence-electron chi connectivity index (χ4n) is 0.948. The number of benzene rings is 2. The van der Waals surface area contributed by atoms with E-state index in [-0.39, 0.29) is 7.43 Å². The SMILES string of the molecule is C.Cc1ccccc1O.c1ccccc1. The van der Waals surface area contributed by atoms with E-state index in [0.717, 1.165) is 5.56 Å². The van der Waals surface area contributed by atoms with Gasteiger partial charge in [0.15, 0.2) is 0 Å². The van der Waals surface area contributed by atoms with Crippen molar-refractivity contribution in [2.24, 2.45) is 0 Å². The molecular weight excluding hydrogens is 184 g/mol. The predicted octanol–water partition coefficient (Wildman–Crippen LogP) is 4.02. The quantitative estimate of drug-likeness (QED) is 0.684.